The number of aromatic nitrogens is 2. The summed E-state index contributed by atoms with van der Waals surface area (Å²) in [5.74, 6) is 0. The van der Waals surface area contributed by atoms with Crippen molar-refractivity contribution >= 4 is 115 Å². The van der Waals surface area contributed by atoms with Crippen molar-refractivity contribution in [3.8, 4) is 44.8 Å². The van der Waals surface area contributed by atoms with Crippen molar-refractivity contribution in [1.29, 1.82) is 0 Å². The Hall–Kier alpha value is -7.01. The number of fused-ring (bicyclic) bond motifs is 9. The molecule has 0 radical (unpaired) electrons. The maximum absolute atomic E-state index is 2.49. The van der Waals surface area contributed by atoms with E-state index in [2.05, 4.69) is 221 Å². The number of para-hydroxylation sites is 1. The van der Waals surface area contributed by atoms with Gasteiger partial charge in [0.15, 0.2) is 0 Å². The lowest BCUT2D eigenvalue weighted by Gasteiger charge is -2.17. The molecule has 0 unspecified atom stereocenters. The van der Waals surface area contributed by atoms with Crippen LogP contribution in [0.5, 0.6) is 0 Å². The topological polar surface area (TPSA) is 9.86 Å². The van der Waals surface area contributed by atoms with Crippen LogP contribution in [0.4, 0.5) is 0 Å². The second kappa shape index (κ2) is 13.5. The summed E-state index contributed by atoms with van der Waals surface area (Å²) in [7, 11) is 6.93. The molecule has 0 amide bonds. The van der Waals surface area contributed by atoms with Crippen LogP contribution in [0, 0.1) is 0 Å². The van der Waals surface area contributed by atoms with Gasteiger partial charge in [-0.05, 0) is 100 Å². The summed E-state index contributed by atoms with van der Waals surface area (Å²) < 4.78 is 7.61. The number of nitrogens with zero attached hydrogens (tertiary/aromatic N) is 2. The fourth-order valence-corrected chi connectivity index (χ4v) is 11.1. The molecule has 12 aromatic rings. The first-order valence-electron chi connectivity index (χ1n) is 20.8. The molecule has 0 bridgehead atoms. The van der Waals surface area contributed by atoms with E-state index >= 15 is 0 Å². The molecular formula is C54H37B3N2S. The van der Waals surface area contributed by atoms with Crippen molar-refractivity contribution in [2.24, 2.45) is 0 Å². The molecule has 3 heterocycles. The Labute approximate surface area is 355 Å². The predicted molar refractivity (Wildman–Crippen MR) is 269 cm³/mol. The van der Waals surface area contributed by atoms with Crippen LogP contribution in [0.15, 0.2) is 188 Å². The molecule has 2 nitrogen and oxygen atoms in total. The van der Waals surface area contributed by atoms with E-state index < -0.39 is 0 Å². The van der Waals surface area contributed by atoms with E-state index in [0.717, 1.165) is 5.69 Å². The number of hydrogen-bond donors (Lipinski definition) is 0. The van der Waals surface area contributed by atoms with E-state index in [1.807, 2.05) is 11.3 Å². The minimum Gasteiger partial charge on any atom is -0.309 e. The van der Waals surface area contributed by atoms with Crippen LogP contribution < -0.4 is 16.4 Å². The van der Waals surface area contributed by atoms with Gasteiger partial charge in [0.05, 0.1) is 22.1 Å². The highest BCUT2D eigenvalue weighted by Gasteiger charge is 2.22. The van der Waals surface area contributed by atoms with Crippen LogP contribution >= 0.6 is 11.3 Å². The molecule has 6 heteroatoms. The average molecular weight is 778 g/mol. The second-order valence-corrected chi connectivity index (χ2v) is 17.3. The number of thiophene rings is 1. The maximum atomic E-state index is 2.49. The minimum absolute atomic E-state index is 1.16. The van der Waals surface area contributed by atoms with Gasteiger partial charge >= 0.3 is 0 Å². The summed E-state index contributed by atoms with van der Waals surface area (Å²) in [6.07, 6.45) is 0. The Morgan fingerprint density at radius 1 is 0.350 bits per heavy atom. The van der Waals surface area contributed by atoms with Crippen LogP contribution in [-0.4, -0.2) is 32.7 Å². The molecule has 60 heavy (non-hydrogen) atoms. The summed E-state index contributed by atoms with van der Waals surface area (Å²) >= 11 is 1.87. The Morgan fingerprint density at radius 3 is 1.77 bits per heavy atom. The van der Waals surface area contributed by atoms with Crippen molar-refractivity contribution in [2.75, 3.05) is 0 Å². The smallest absolute Gasteiger partial charge is 0.141 e. The van der Waals surface area contributed by atoms with Crippen molar-refractivity contribution in [3.05, 3.63) is 188 Å². The normalized spacial score (nSPS) is 11.9. The second-order valence-electron chi connectivity index (χ2n) is 16.3. The van der Waals surface area contributed by atoms with Crippen molar-refractivity contribution < 1.29 is 0 Å². The van der Waals surface area contributed by atoms with Crippen LogP contribution in [0.1, 0.15) is 0 Å². The third kappa shape index (κ3) is 5.31. The molecule has 3 aromatic heterocycles. The molecule has 0 aliphatic carbocycles. The highest BCUT2D eigenvalue weighted by molar-refractivity contribution is 7.25. The summed E-state index contributed by atoms with van der Waals surface area (Å²) in [6.45, 7) is 0. The van der Waals surface area contributed by atoms with Crippen LogP contribution in [-0.2, 0) is 0 Å². The van der Waals surface area contributed by atoms with Crippen LogP contribution in [0.2, 0.25) is 0 Å². The van der Waals surface area contributed by atoms with E-state index in [1.54, 1.807) is 0 Å². The van der Waals surface area contributed by atoms with Crippen molar-refractivity contribution in [2.45, 2.75) is 0 Å². The van der Waals surface area contributed by atoms with E-state index in [0.29, 0.717) is 0 Å². The summed E-state index contributed by atoms with van der Waals surface area (Å²) in [6, 6.07) is 69.5. The average Bonchev–Trinajstić information content (AvgIpc) is 3.93. The number of benzene rings is 9. The van der Waals surface area contributed by atoms with Crippen LogP contribution in [0.25, 0.3) is 109 Å². The zero-order valence-electron chi connectivity index (χ0n) is 33.7. The lowest BCUT2D eigenvalue weighted by atomic mass is 9.72. The van der Waals surface area contributed by atoms with Gasteiger partial charge in [0.1, 0.15) is 23.5 Å². The Kier molecular flexibility index (Phi) is 7.88. The lowest BCUT2D eigenvalue weighted by molar-refractivity contribution is 1.18. The fraction of sp³-hybridized carbons (Fsp3) is 0. The van der Waals surface area contributed by atoms with Gasteiger partial charge in [0, 0.05) is 53.1 Å². The standard InChI is InChI=1S/C54H37B3N2S/c55-44-30-48-41(38-18-7-9-20-46(38)58(48)37-23-25-51-42(28-37)39-19-8-10-21-50(39)60-51)29-43(44)52-45(56)31-49-53(54(52)57)40-24-22-35(33-14-5-2-6-15-33)27-47(40)59(49)36-17-11-16-34(26-36)32-12-3-1-4-13-32/h1-31H,55-57H2. The van der Waals surface area contributed by atoms with Gasteiger partial charge in [-0.2, -0.15) is 0 Å². The third-order valence-electron chi connectivity index (χ3n) is 12.7. The summed E-state index contributed by atoms with van der Waals surface area (Å²) in [5.41, 5.74) is 18.5. The zero-order chi connectivity index (χ0) is 40.1. The van der Waals surface area contributed by atoms with E-state index in [1.165, 1.54) is 119 Å². The summed E-state index contributed by atoms with van der Waals surface area (Å²) in [5, 5.41) is 7.74. The molecular weight excluding hydrogens is 741 g/mol. The molecule has 0 spiro atoms. The Bertz CT molecular complexity index is 3690. The molecule has 0 aliphatic rings. The van der Waals surface area contributed by atoms with Gasteiger partial charge in [-0.25, -0.2) is 0 Å². The SMILES string of the molecule is Bc1cc2c(cc1-c1c(B)cc3c(c1B)c1ccc(-c4ccccc4)cc1n3-c1cccc(-c3ccccc3)c1)c1ccccc1n2-c1ccc2sc3ccccc3c2c1. The Morgan fingerprint density at radius 2 is 0.967 bits per heavy atom. The van der Waals surface area contributed by atoms with Gasteiger partial charge in [-0.1, -0.05) is 138 Å². The first-order valence-corrected chi connectivity index (χ1v) is 21.6. The molecule has 12 rings (SSSR count). The zero-order valence-corrected chi connectivity index (χ0v) is 34.5. The molecule has 0 N–H and O–H groups in total. The molecule has 278 valence electrons. The molecule has 0 saturated carbocycles. The molecule has 0 aliphatic heterocycles. The monoisotopic (exact) mass is 778 g/mol. The molecule has 0 saturated heterocycles. The van der Waals surface area contributed by atoms with Crippen molar-refractivity contribution in [1.82, 2.24) is 9.13 Å². The molecule has 9 aromatic carbocycles. The maximum Gasteiger partial charge on any atom is 0.141 e. The van der Waals surface area contributed by atoms with Crippen LogP contribution in [0.3, 0.4) is 0 Å². The van der Waals surface area contributed by atoms with Gasteiger partial charge < -0.3 is 9.13 Å². The first-order chi connectivity index (χ1) is 29.5. The minimum atomic E-state index is 1.16. The van der Waals surface area contributed by atoms with E-state index in [9.17, 15) is 0 Å². The van der Waals surface area contributed by atoms with Crippen molar-refractivity contribution in [3.63, 3.8) is 0 Å². The largest absolute Gasteiger partial charge is 0.309 e. The predicted octanol–water partition coefficient (Wildman–Crippen LogP) is 10.0. The highest BCUT2D eigenvalue weighted by atomic mass is 32.1. The molecule has 0 atom stereocenters. The highest BCUT2D eigenvalue weighted by Crippen LogP contribution is 2.40. The number of rotatable bonds is 5. The third-order valence-corrected chi connectivity index (χ3v) is 13.9. The van der Waals surface area contributed by atoms with Gasteiger partial charge in [0.25, 0.3) is 0 Å². The van der Waals surface area contributed by atoms with Gasteiger partial charge in [-0.3, -0.25) is 0 Å². The fourth-order valence-electron chi connectivity index (χ4n) is 10.0. The lowest BCUT2D eigenvalue weighted by Crippen LogP contribution is -2.24. The first kappa shape index (κ1) is 35.0. The van der Waals surface area contributed by atoms with Gasteiger partial charge in [-0.15, -0.1) is 11.3 Å². The Balaban J connectivity index is 1.09. The molecule has 0 fully saturated rings. The van der Waals surface area contributed by atoms with Gasteiger partial charge in [0.2, 0.25) is 0 Å². The quantitative estimate of drug-likeness (QED) is 0.154. The van der Waals surface area contributed by atoms with E-state index in [4.69, 9.17) is 0 Å². The summed E-state index contributed by atoms with van der Waals surface area (Å²) in [4.78, 5) is 0. The number of hydrogen-bond acceptors (Lipinski definition) is 1. The van der Waals surface area contributed by atoms with E-state index in [-0.39, 0.29) is 0 Å².